The van der Waals surface area contributed by atoms with Gasteiger partial charge in [0, 0.05) is 17.8 Å². The molecular formula is C14H23F3N2OS. The van der Waals surface area contributed by atoms with Crippen LogP contribution in [0.4, 0.5) is 13.2 Å². The molecule has 1 aromatic rings. The van der Waals surface area contributed by atoms with Crippen LogP contribution in [-0.4, -0.2) is 30.9 Å². The molecule has 0 radical (unpaired) electrons. The molecule has 7 heteroatoms. The third-order valence-electron chi connectivity index (χ3n) is 2.76. The van der Waals surface area contributed by atoms with E-state index in [1.165, 1.54) is 4.88 Å². The van der Waals surface area contributed by atoms with Crippen LogP contribution in [0.2, 0.25) is 0 Å². The minimum atomic E-state index is -4.26. The normalized spacial score (nSPS) is 12.3. The van der Waals surface area contributed by atoms with Crippen molar-refractivity contribution in [2.75, 3.05) is 19.8 Å². The van der Waals surface area contributed by atoms with Gasteiger partial charge in [0.25, 0.3) is 0 Å². The molecule has 0 aromatic carbocycles. The van der Waals surface area contributed by atoms with Gasteiger partial charge < -0.3 is 10.1 Å². The Morgan fingerprint density at radius 3 is 2.62 bits per heavy atom. The lowest BCUT2D eigenvalue weighted by atomic mass is 10.1. The van der Waals surface area contributed by atoms with Gasteiger partial charge in [-0.05, 0) is 18.9 Å². The van der Waals surface area contributed by atoms with Gasteiger partial charge in [0.1, 0.15) is 6.61 Å². The summed E-state index contributed by atoms with van der Waals surface area (Å²) in [7, 11) is 0. The standard InChI is InChI=1S/C14H23F3N2OS/c1-4-6-18-8-11-13(10(2)3)19-12(21-11)5-7-20-9-14(15,16)17/h10,18H,4-9H2,1-3H3. The van der Waals surface area contributed by atoms with Gasteiger partial charge in [-0.3, -0.25) is 0 Å². The number of alkyl halides is 3. The lowest BCUT2D eigenvalue weighted by molar-refractivity contribution is -0.173. The Kier molecular flexibility index (Phi) is 7.62. The maximum absolute atomic E-state index is 12.0. The van der Waals surface area contributed by atoms with E-state index in [0.717, 1.165) is 30.2 Å². The summed E-state index contributed by atoms with van der Waals surface area (Å²) in [5.74, 6) is 0.310. The topological polar surface area (TPSA) is 34.1 Å². The van der Waals surface area contributed by atoms with Crippen LogP contribution in [0, 0.1) is 0 Å². The van der Waals surface area contributed by atoms with Gasteiger partial charge in [-0.15, -0.1) is 11.3 Å². The van der Waals surface area contributed by atoms with Gasteiger partial charge in [0.05, 0.1) is 17.3 Å². The average Bonchev–Trinajstić information content (AvgIpc) is 2.77. The Morgan fingerprint density at radius 2 is 2.05 bits per heavy atom. The fraction of sp³-hybridized carbons (Fsp3) is 0.786. The average molecular weight is 324 g/mol. The van der Waals surface area contributed by atoms with E-state index in [9.17, 15) is 13.2 Å². The van der Waals surface area contributed by atoms with Crippen molar-refractivity contribution in [2.24, 2.45) is 0 Å². The van der Waals surface area contributed by atoms with Crippen molar-refractivity contribution >= 4 is 11.3 Å². The van der Waals surface area contributed by atoms with Gasteiger partial charge in [0.15, 0.2) is 0 Å². The molecule has 0 unspecified atom stereocenters. The molecule has 0 amide bonds. The first kappa shape index (κ1) is 18.4. The second-order valence-corrected chi connectivity index (χ2v) is 6.33. The molecule has 122 valence electrons. The van der Waals surface area contributed by atoms with E-state index >= 15 is 0 Å². The lowest BCUT2D eigenvalue weighted by Gasteiger charge is -2.06. The minimum Gasteiger partial charge on any atom is -0.372 e. The number of hydrogen-bond donors (Lipinski definition) is 1. The maximum Gasteiger partial charge on any atom is 0.411 e. The SMILES string of the molecule is CCCNCc1sc(CCOCC(F)(F)F)nc1C(C)C. The lowest BCUT2D eigenvalue weighted by Crippen LogP contribution is -2.17. The number of rotatable bonds is 9. The first-order chi connectivity index (χ1) is 9.83. The highest BCUT2D eigenvalue weighted by Crippen LogP contribution is 2.25. The predicted molar refractivity (Wildman–Crippen MR) is 78.8 cm³/mol. The van der Waals surface area contributed by atoms with E-state index in [1.54, 1.807) is 11.3 Å². The van der Waals surface area contributed by atoms with Crippen LogP contribution in [0.1, 0.15) is 48.7 Å². The molecule has 1 rings (SSSR count). The second-order valence-electron chi connectivity index (χ2n) is 5.17. The molecule has 0 fully saturated rings. The molecule has 0 aliphatic heterocycles. The molecule has 1 heterocycles. The molecule has 1 aromatic heterocycles. The maximum atomic E-state index is 12.0. The number of aromatic nitrogens is 1. The summed E-state index contributed by atoms with van der Waals surface area (Å²) in [4.78, 5) is 5.71. The number of nitrogens with zero attached hydrogens (tertiary/aromatic N) is 1. The zero-order valence-electron chi connectivity index (χ0n) is 12.7. The van der Waals surface area contributed by atoms with Crippen molar-refractivity contribution in [1.29, 1.82) is 0 Å². The van der Waals surface area contributed by atoms with E-state index in [1.807, 2.05) is 0 Å². The Balaban J connectivity index is 2.52. The van der Waals surface area contributed by atoms with Gasteiger partial charge in [-0.25, -0.2) is 4.98 Å². The zero-order valence-corrected chi connectivity index (χ0v) is 13.5. The number of ether oxygens (including phenoxy) is 1. The highest BCUT2D eigenvalue weighted by molar-refractivity contribution is 7.11. The smallest absolute Gasteiger partial charge is 0.372 e. The summed E-state index contributed by atoms with van der Waals surface area (Å²) in [6.07, 6.45) is -2.77. The third kappa shape index (κ3) is 7.24. The zero-order chi connectivity index (χ0) is 15.9. The summed E-state index contributed by atoms with van der Waals surface area (Å²) in [5.41, 5.74) is 1.04. The largest absolute Gasteiger partial charge is 0.411 e. The molecule has 3 nitrogen and oxygen atoms in total. The van der Waals surface area contributed by atoms with Crippen molar-refractivity contribution in [3.05, 3.63) is 15.6 Å². The number of hydrogen-bond acceptors (Lipinski definition) is 4. The summed E-state index contributed by atoms with van der Waals surface area (Å²) >= 11 is 1.56. The number of nitrogens with one attached hydrogen (secondary N) is 1. The van der Waals surface area contributed by atoms with Gasteiger partial charge in [-0.1, -0.05) is 20.8 Å². The van der Waals surface area contributed by atoms with Gasteiger partial charge in [0.2, 0.25) is 0 Å². The molecule has 0 aliphatic carbocycles. The fourth-order valence-electron chi connectivity index (χ4n) is 1.82. The highest BCUT2D eigenvalue weighted by Gasteiger charge is 2.27. The Labute approximate surface area is 127 Å². The molecule has 0 bridgehead atoms. The molecule has 1 N–H and O–H groups in total. The summed E-state index contributed by atoms with van der Waals surface area (Å²) in [6.45, 7) is 6.81. The van der Waals surface area contributed by atoms with Crippen LogP contribution in [0.15, 0.2) is 0 Å². The highest BCUT2D eigenvalue weighted by atomic mass is 32.1. The molecule has 0 saturated heterocycles. The van der Waals surface area contributed by atoms with Crippen LogP contribution in [-0.2, 0) is 17.7 Å². The van der Waals surface area contributed by atoms with E-state index in [4.69, 9.17) is 0 Å². The number of thiazole rings is 1. The van der Waals surface area contributed by atoms with Crippen molar-refractivity contribution in [2.45, 2.75) is 52.3 Å². The van der Waals surface area contributed by atoms with Crippen LogP contribution in [0.25, 0.3) is 0 Å². The van der Waals surface area contributed by atoms with E-state index in [-0.39, 0.29) is 6.61 Å². The predicted octanol–water partition coefficient (Wildman–Crippen LogP) is 3.89. The van der Waals surface area contributed by atoms with Gasteiger partial charge in [-0.2, -0.15) is 13.2 Å². The Bertz CT molecular complexity index is 419. The molecule has 0 saturated carbocycles. The fourth-order valence-corrected chi connectivity index (χ4v) is 3.00. The van der Waals surface area contributed by atoms with Crippen LogP contribution in [0.5, 0.6) is 0 Å². The quantitative estimate of drug-likeness (QED) is 0.700. The van der Waals surface area contributed by atoms with Crippen LogP contribution >= 0.6 is 11.3 Å². The van der Waals surface area contributed by atoms with Crippen molar-refractivity contribution in [3.8, 4) is 0 Å². The minimum absolute atomic E-state index is 0.0480. The van der Waals surface area contributed by atoms with Gasteiger partial charge >= 0.3 is 6.18 Å². The Hall–Kier alpha value is -0.660. The summed E-state index contributed by atoms with van der Waals surface area (Å²) in [6, 6.07) is 0. The molecule has 0 aliphatic rings. The molecule has 0 atom stereocenters. The summed E-state index contributed by atoms with van der Waals surface area (Å²) in [5, 5.41) is 4.18. The van der Waals surface area contributed by atoms with E-state index < -0.39 is 12.8 Å². The number of halogens is 3. The van der Waals surface area contributed by atoms with Crippen molar-refractivity contribution in [3.63, 3.8) is 0 Å². The Morgan fingerprint density at radius 1 is 1.33 bits per heavy atom. The van der Waals surface area contributed by atoms with E-state index in [2.05, 4.69) is 35.8 Å². The van der Waals surface area contributed by atoms with Crippen molar-refractivity contribution < 1.29 is 17.9 Å². The molecular weight excluding hydrogens is 301 g/mol. The van der Waals surface area contributed by atoms with E-state index in [0.29, 0.717) is 12.3 Å². The molecule has 0 spiro atoms. The molecule has 21 heavy (non-hydrogen) atoms. The van der Waals surface area contributed by atoms with Crippen molar-refractivity contribution in [1.82, 2.24) is 10.3 Å². The van der Waals surface area contributed by atoms with Crippen LogP contribution < -0.4 is 5.32 Å². The first-order valence-electron chi connectivity index (χ1n) is 7.17. The second kappa shape index (κ2) is 8.70. The summed E-state index contributed by atoms with van der Waals surface area (Å²) < 4.78 is 40.6. The monoisotopic (exact) mass is 324 g/mol. The first-order valence-corrected chi connectivity index (χ1v) is 7.98. The van der Waals surface area contributed by atoms with Crippen LogP contribution in [0.3, 0.4) is 0 Å². The third-order valence-corrected chi connectivity index (χ3v) is 3.89.